The Kier molecular flexibility index (Phi) is 5.03. The van der Waals surface area contributed by atoms with Crippen LogP contribution in [0.4, 0.5) is 4.39 Å². The number of carbonyl (C=O) groups excluding carboxylic acids is 1. The van der Waals surface area contributed by atoms with Crippen LogP contribution < -0.4 is 0 Å². The number of hydrogen-bond acceptors (Lipinski definition) is 3. The summed E-state index contributed by atoms with van der Waals surface area (Å²) in [5.41, 5.74) is 0.250. The van der Waals surface area contributed by atoms with Gasteiger partial charge in [-0.1, -0.05) is 6.92 Å². The van der Waals surface area contributed by atoms with Crippen LogP contribution in [0.3, 0.4) is 0 Å². The molecule has 0 radical (unpaired) electrons. The van der Waals surface area contributed by atoms with Crippen LogP contribution >= 0.6 is 11.3 Å². The van der Waals surface area contributed by atoms with Gasteiger partial charge in [0.05, 0.1) is 5.54 Å². The van der Waals surface area contributed by atoms with Crippen molar-refractivity contribution in [2.45, 2.75) is 57.4 Å². The SMILES string of the molecule is CCCC(=O)N1CCC2(CCC(c3ccc(F)s3)(N(C)C)CC2)C1. The zero-order valence-corrected chi connectivity index (χ0v) is 15.9. The van der Waals surface area contributed by atoms with Crippen molar-refractivity contribution in [2.75, 3.05) is 27.2 Å². The van der Waals surface area contributed by atoms with E-state index in [1.54, 1.807) is 6.07 Å². The van der Waals surface area contributed by atoms with Crippen molar-refractivity contribution in [3.05, 3.63) is 22.1 Å². The van der Waals surface area contributed by atoms with Gasteiger partial charge < -0.3 is 4.90 Å². The number of halogens is 1. The number of rotatable bonds is 4. The van der Waals surface area contributed by atoms with Crippen molar-refractivity contribution in [3.8, 4) is 0 Å². The summed E-state index contributed by atoms with van der Waals surface area (Å²) >= 11 is 1.29. The Morgan fingerprint density at radius 2 is 1.96 bits per heavy atom. The minimum Gasteiger partial charge on any atom is -0.342 e. The molecule has 2 fully saturated rings. The van der Waals surface area contributed by atoms with Crippen LogP contribution in [0.2, 0.25) is 0 Å². The summed E-state index contributed by atoms with van der Waals surface area (Å²) in [4.78, 5) is 17.7. The number of likely N-dealkylation sites (tertiary alicyclic amines) is 1. The fraction of sp³-hybridized carbons (Fsp3) is 0.737. The summed E-state index contributed by atoms with van der Waals surface area (Å²) in [6, 6.07) is 3.56. The first kappa shape index (κ1) is 17.9. The lowest BCUT2D eigenvalue weighted by Crippen LogP contribution is -2.47. The number of nitrogens with zero attached hydrogens (tertiary/aromatic N) is 2. The molecule has 1 aliphatic carbocycles. The molecule has 2 aliphatic rings. The molecule has 1 aromatic rings. The quantitative estimate of drug-likeness (QED) is 0.809. The van der Waals surface area contributed by atoms with Crippen LogP contribution in [0, 0.1) is 10.5 Å². The molecule has 0 bridgehead atoms. The Balaban J connectivity index is 1.71. The molecule has 0 atom stereocenters. The largest absolute Gasteiger partial charge is 0.342 e. The molecule has 24 heavy (non-hydrogen) atoms. The van der Waals surface area contributed by atoms with Crippen LogP contribution in [-0.4, -0.2) is 42.9 Å². The maximum Gasteiger partial charge on any atom is 0.222 e. The average Bonchev–Trinajstić information content (AvgIpc) is 3.16. The van der Waals surface area contributed by atoms with Gasteiger partial charge in [-0.05, 0) is 70.2 Å². The molecule has 1 aromatic heterocycles. The average molecular weight is 353 g/mol. The third-order valence-electron chi connectivity index (χ3n) is 6.28. The van der Waals surface area contributed by atoms with E-state index >= 15 is 0 Å². The van der Waals surface area contributed by atoms with Gasteiger partial charge in [0, 0.05) is 24.4 Å². The van der Waals surface area contributed by atoms with Crippen molar-refractivity contribution >= 4 is 17.2 Å². The van der Waals surface area contributed by atoms with Gasteiger partial charge >= 0.3 is 0 Å². The summed E-state index contributed by atoms with van der Waals surface area (Å²) in [6.45, 7) is 3.91. The van der Waals surface area contributed by atoms with E-state index in [2.05, 4.69) is 30.8 Å². The van der Waals surface area contributed by atoms with Gasteiger partial charge in [0.1, 0.15) is 0 Å². The number of thiophene rings is 1. The molecule has 1 saturated carbocycles. The number of hydrogen-bond donors (Lipinski definition) is 0. The molecule has 1 aliphatic heterocycles. The van der Waals surface area contributed by atoms with Gasteiger partial charge in [-0.2, -0.15) is 4.39 Å². The zero-order valence-electron chi connectivity index (χ0n) is 15.1. The fourth-order valence-corrected chi connectivity index (χ4v) is 5.66. The van der Waals surface area contributed by atoms with E-state index in [-0.39, 0.29) is 10.7 Å². The first-order valence-corrected chi connectivity index (χ1v) is 9.93. The van der Waals surface area contributed by atoms with Crippen molar-refractivity contribution < 1.29 is 9.18 Å². The molecule has 1 saturated heterocycles. The minimum absolute atomic E-state index is 0.0406. The normalized spacial score (nSPS) is 30.5. The predicted octanol–water partition coefficient (Wildman–Crippen LogP) is 4.24. The van der Waals surface area contributed by atoms with Gasteiger partial charge in [0.25, 0.3) is 0 Å². The van der Waals surface area contributed by atoms with Crippen LogP contribution in [0.25, 0.3) is 0 Å². The van der Waals surface area contributed by atoms with Crippen LogP contribution in [0.5, 0.6) is 0 Å². The third kappa shape index (κ3) is 3.13. The van der Waals surface area contributed by atoms with Gasteiger partial charge in [-0.3, -0.25) is 9.69 Å². The lowest BCUT2D eigenvalue weighted by molar-refractivity contribution is -0.130. The number of amides is 1. The molecular formula is C19H29FN2OS. The second-order valence-electron chi connectivity index (χ2n) is 7.85. The highest BCUT2D eigenvalue weighted by Gasteiger charge is 2.48. The van der Waals surface area contributed by atoms with E-state index in [0.29, 0.717) is 17.7 Å². The van der Waals surface area contributed by atoms with Crippen molar-refractivity contribution in [1.82, 2.24) is 9.80 Å². The molecule has 1 spiro atoms. The van der Waals surface area contributed by atoms with E-state index < -0.39 is 0 Å². The first-order chi connectivity index (χ1) is 11.4. The number of carbonyl (C=O) groups is 1. The van der Waals surface area contributed by atoms with E-state index in [1.165, 1.54) is 11.3 Å². The summed E-state index contributed by atoms with van der Waals surface area (Å²) in [5.74, 6) is 0.319. The molecule has 3 nitrogen and oxygen atoms in total. The standard InChI is InChI=1S/C19H29FN2OS/c1-4-5-17(23)22-13-12-18(14-22)8-10-19(11-9-18,21(2)3)15-6-7-16(20)24-15/h6-7H,4-5,8-14H2,1-3H3. The lowest BCUT2D eigenvalue weighted by atomic mass is 9.66. The highest BCUT2D eigenvalue weighted by Crippen LogP contribution is 2.52. The summed E-state index contributed by atoms with van der Waals surface area (Å²) in [6.07, 6.45) is 7.08. The Morgan fingerprint density at radius 1 is 1.25 bits per heavy atom. The maximum absolute atomic E-state index is 13.6. The Bertz CT molecular complexity index is 590. The summed E-state index contributed by atoms with van der Waals surface area (Å²) in [7, 11) is 4.22. The molecule has 134 valence electrons. The van der Waals surface area contributed by atoms with Crippen molar-refractivity contribution in [3.63, 3.8) is 0 Å². The smallest absolute Gasteiger partial charge is 0.222 e. The topological polar surface area (TPSA) is 23.6 Å². The van der Waals surface area contributed by atoms with Gasteiger partial charge in [-0.15, -0.1) is 11.3 Å². The van der Waals surface area contributed by atoms with Crippen LogP contribution in [-0.2, 0) is 10.3 Å². The highest BCUT2D eigenvalue weighted by atomic mass is 32.1. The van der Waals surface area contributed by atoms with Crippen LogP contribution in [0.1, 0.15) is 56.7 Å². The molecule has 0 N–H and O–H groups in total. The molecule has 5 heteroatoms. The molecule has 0 aromatic carbocycles. The fourth-order valence-electron chi connectivity index (χ4n) is 4.60. The van der Waals surface area contributed by atoms with Crippen molar-refractivity contribution in [2.24, 2.45) is 5.41 Å². The Labute approximate surface area is 148 Å². The van der Waals surface area contributed by atoms with E-state index in [1.807, 2.05) is 6.07 Å². The second-order valence-corrected chi connectivity index (χ2v) is 8.88. The molecule has 2 heterocycles. The van der Waals surface area contributed by atoms with Gasteiger partial charge in [-0.25, -0.2) is 0 Å². The van der Waals surface area contributed by atoms with Gasteiger partial charge in [0.2, 0.25) is 5.91 Å². The third-order valence-corrected chi connectivity index (χ3v) is 7.35. The molecule has 0 unspecified atom stereocenters. The van der Waals surface area contributed by atoms with E-state index in [0.717, 1.165) is 56.5 Å². The van der Waals surface area contributed by atoms with Gasteiger partial charge in [0.15, 0.2) is 5.13 Å². The van der Waals surface area contributed by atoms with E-state index in [9.17, 15) is 9.18 Å². The lowest BCUT2D eigenvalue weighted by Gasteiger charge is -2.48. The minimum atomic E-state index is -0.0938. The predicted molar refractivity (Wildman–Crippen MR) is 96.6 cm³/mol. The second kappa shape index (κ2) is 6.75. The molecular weight excluding hydrogens is 323 g/mol. The monoisotopic (exact) mass is 352 g/mol. The molecule has 1 amide bonds. The summed E-state index contributed by atoms with van der Waals surface area (Å²) in [5, 5.41) is -0.0938. The Hall–Kier alpha value is -0.940. The zero-order chi connectivity index (χ0) is 17.4. The maximum atomic E-state index is 13.6. The van der Waals surface area contributed by atoms with Crippen molar-refractivity contribution in [1.29, 1.82) is 0 Å². The van der Waals surface area contributed by atoms with Crippen LogP contribution in [0.15, 0.2) is 12.1 Å². The molecule has 3 rings (SSSR count). The first-order valence-electron chi connectivity index (χ1n) is 9.12. The Morgan fingerprint density at radius 3 is 2.50 bits per heavy atom. The summed E-state index contributed by atoms with van der Waals surface area (Å²) < 4.78 is 13.6. The highest BCUT2D eigenvalue weighted by molar-refractivity contribution is 7.10. The van der Waals surface area contributed by atoms with E-state index in [4.69, 9.17) is 0 Å².